The molecular formula is C17H21NO2S. The fraction of sp³-hybridized carbons (Fsp3) is 0.353. The predicted octanol–water partition coefficient (Wildman–Crippen LogP) is 3.65. The average molecular weight is 303 g/mol. The van der Waals surface area contributed by atoms with Crippen LogP contribution in [0, 0.1) is 13.8 Å². The van der Waals surface area contributed by atoms with Crippen LogP contribution in [-0.4, -0.2) is 31.1 Å². The lowest BCUT2D eigenvalue weighted by Crippen LogP contribution is -2.33. The second kappa shape index (κ2) is 7.38. The molecule has 1 heterocycles. The van der Waals surface area contributed by atoms with Crippen molar-refractivity contribution < 1.29 is 9.53 Å². The van der Waals surface area contributed by atoms with Crippen LogP contribution in [0.5, 0.6) is 0 Å². The minimum absolute atomic E-state index is 0.0807. The lowest BCUT2D eigenvalue weighted by atomic mass is 10.2. The van der Waals surface area contributed by atoms with E-state index in [0.717, 1.165) is 10.4 Å². The van der Waals surface area contributed by atoms with Crippen LogP contribution in [0.1, 0.15) is 25.7 Å². The minimum atomic E-state index is 0.0807. The van der Waals surface area contributed by atoms with E-state index in [1.54, 1.807) is 18.4 Å². The van der Waals surface area contributed by atoms with Gasteiger partial charge in [0, 0.05) is 25.1 Å². The van der Waals surface area contributed by atoms with Crippen LogP contribution < -0.4 is 0 Å². The van der Waals surface area contributed by atoms with Crippen molar-refractivity contribution in [3.8, 4) is 0 Å². The lowest BCUT2D eigenvalue weighted by molar-refractivity contribution is 0.0685. The summed E-state index contributed by atoms with van der Waals surface area (Å²) in [5.74, 6) is 0.0807. The van der Waals surface area contributed by atoms with Gasteiger partial charge in [0.25, 0.3) is 5.91 Å². The molecule has 0 N–H and O–H groups in total. The van der Waals surface area contributed by atoms with Gasteiger partial charge in [-0.1, -0.05) is 30.3 Å². The largest absolute Gasteiger partial charge is 0.383 e. The monoisotopic (exact) mass is 303 g/mol. The number of carbonyl (C=O) groups is 1. The van der Waals surface area contributed by atoms with Crippen LogP contribution in [-0.2, 0) is 11.3 Å². The number of hydrogen-bond donors (Lipinski definition) is 0. The van der Waals surface area contributed by atoms with Gasteiger partial charge in [-0.05, 0) is 31.0 Å². The average Bonchev–Trinajstić information content (AvgIpc) is 2.83. The van der Waals surface area contributed by atoms with E-state index in [1.165, 1.54) is 10.4 Å². The molecule has 2 aromatic rings. The first-order valence-corrected chi connectivity index (χ1v) is 7.82. The van der Waals surface area contributed by atoms with Gasteiger partial charge in [0.05, 0.1) is 11.5 Å². The molecule has 1 aromatic heterocycles. The molecule has 2 rings (SSSR count). The maximum atomic E-state index is 12.7. The SMILES string of the molecule is COCCN(Cc1ccccc1)C(=O)c1cc(C)c(C)s1. The van der Waals surface area contributed by atoms with Crippen molar-refractivity contribution in [2.45, 2.75) is 20.4 Å². The van der Waals surface area contributed by atoms with Gasteiger partial charge in [0.2, 0.25) is 0 Å². The van der Waals surface area contributed by atoms with Crippen molar-refractivity contribution >= 4 is 17.2 Å². The molecule has 0 aliphatic heterocycles. The zero-order valence-corrected chi connectivity index (χ0v) is 13.6. The van der Waals surface area contributed by atoms with Crippen LogP contribution in [0.25, 0.3) is 0 Å². The van der Waals surface area contributed by atoms with E-state index in [2.05, 4.69) is 0 Å². The number of amides is 1. The van der Waals surface area contributed by atoms with E-state index in [0.29, 0.717) is 19.7 Å². The predicted molar refractivity (Wildman–Crippen MR) is 86.9 cm³/mol. The number of methoxy groups -OCH3 is 1. The number of rotatable bonds is 6. The molecule has 0 atom stereocenters. The highest BCUT2D eigenvalue weighted by atomic mass is 32.1. The number of benzene rings is 1. The topological polar surface area (TPSA) is 29.5 Å². The van der Waals surface area contributed by atoms with Crippen molar-refractivity contribution in [2.75, 3.05) is 20.3 Å². The summed E-state index contributed by atoms with van der Waals surface area (Å²) in [4.78, 5) is 16.6. The van der Waals surface area contributed by atoms with Crippen molar-refractivity contribution in [1.82, 2.24) is 4.90 Å². The summed E-state index contributed by atoms with van der Waals surface area (Å²) in [6.45, 7) is 5.84. The molecule has 0 unspecified atom stereocenters. The van der Waals surface area contributed by atoms with Crippen molar-refractivity contribution in [3.63, 3.8) is 0 Å². The number of ether oxygens (including phenoxy) is 1. The van der Waals surface area contributed by atoms with Gasteiger partial charge < -0.3 is 9.64 Å². The molecule has 0 spiro atoms. The summed E-state index contributed by atoms with van der Waals surface area (Å²) >= 11 is 1.56. The first-order chi connectivity index (χ1) is 10.1. The molecule has 112 valence electrons. The van der Waals surface area contributed by atoms with Gasteiger partial charge in [-0.2, -0.15) is 0 Å². The van der Waals surface area contributed by atoms with Crippen LogP contribution in [0.2, 0.25) is 0 Å². The zero-order valence-electron chi connectivity index (χ0n) is 12.8. The standard InChI is InChI=1S/C17H21NO2S/c1-13-11-16(21-14(13)2)17(19)18(9-10-20-3)12-15-7-5-4-6-8-15/h4-8,11H,9-10,12H2,1-3H3. The zero-order chi connectivity index (χ0) is 15.2. The third-order valence-electron chi connectivity index (χ3n) is 3.45. The number of carbonyl (C=O) groups excluding carboxylic acids is 1. The summed E-state index contributed by atoms with van der Waals surface area (Å²) in [5, 5.41) is 0. The van der Waals surface area contributed by atoms with E-state index >= 15 is 0 Å². The first-order valence-electron chi connectivity index (χ1n) is 7.01. The van der Waals surface area contributed by atoms with Gasteiger partial charge in [0.1, 0.15) is 0 Å². The maximum Gasteiger partial charge on any atom is 0.264 e. The quantitative estimate of drug-likeness (QED) is 0.815. The Morgan fingerprint density at radius 2 is 1.95 bits per heavy atom. The third-order valence-corrected chi connectivity index (χ3v) is 4.59. The smallest absolute Gasteiger partial charge is 0.264 e. The second-order valence-corrected chi connectivity index (χ2v) is 6.31. The molecule has 1 aromatic carbocycles. The van der Waals surface area contributed by atoms with Crippen LogP contribution in [0.15, 0.2) is 36.4 Å². The summed E-state index contributed by atoms with van der Waals surface area (Å²) in [6, 6.07) is 12.0. The van der Waals surface area contributed by atoms with Gasteiger partial charge in [-0.3, -0.25) is 4.79 Å². The molecule has 21 heavy (non-hydrogen) atoms. The second-order valence-electron chi connectivity index (χ2n) is 5.05. The lowest BCUT2D eigenvalue weighted by Gasteiger charge is -2.22. The Labute approximate surface area is 130 Å². The Morgan fingerprint density at radius 1 is 1.24 bits per heavy atom. The highest BCUT2D eigenvalue weighted by molar-refractivity contribution is 7.14. The van der Waals surface area contributed by atoms with Gasteiger partial charge in [-0.25, -0.2) is 0 Å². The van der Waals surface area contributed by atoms with Crippen molar-refractivity contribution in [3.05, 3.63) is 57.3 Å². The molecular weight excluding hydrogens is 282 g/mol. The van der Waals surface area contributed by atoms with E-state index < -0.39 is 0 Å². The molecule has 0 radical (unpaired) electrons. The first kappa shape index (κ1) is 15.7. The molecule has 4 heteroatoms. The fourth-order valence-electron chi connectivity index (χ4n) is 2.09. The van der Waals surface area contributed by atoms with E-state index in [9.17, 15) is 4.79 Å². The van der Waals surface area contributed by atoms with Gasteiger partial charge in [0.15, 0.2) is 0 Å². The Morgan fingerprint density at radius 3 is 2.52 bits per heavy atom. The highest BCUT2D eigenvalue weighted by Gasteiger charge is 2.18. The molecule has 0 fully saturated rings. The Balaban J connectivity index is 2.16. The van der Waals surface area contributed by atoms with E-state index in [-0.39, 0.29) is 5.91 Å². The molecule has 3 nitrogen and oxygen atoms in total. The number of nitrogens with zero attached hydrogens (tertiary/aromatic N) is 1. The molecule has 0 saturated heterocycles. The summed E-state index contributed by atoms with van der Waals surface area (Å²) in [6.07, 6.45) is 0. The molecule has 0 aliphatic carbocycles. The normalized spacial score (nSPS) is 10.6. The molecule has 0 saturated carbocycles. The van der Waals surface area contributed by atoms with Gasteiger partial charge in [-0.15, -0.1) is 11.3 Å². The Bertz CT molecular complexity index is 573. The van der Waals surface area contributed by atoms with Gasteiger partial charge >= 0.3 is 0 Å². The summed E-state index contributed by atoms with van der Waals surface area (Å²) < 4.78 is 5.13. The van der Waals surface area contributed by atoms with Crippen LogP contribution >= 0.6 is 11.3 Å². The van der Waals surface area contributed by atoms with Crippen molar-refractivity contribution in [2.24, 2.45) is 0 Å². The van der Waals surface area contributed by atoms with Crippen LogP contribution in [0.4, 0.5) is 0 Å². The number of aryl methyl sites for hydroxylation is 2. The minimum Gasteiger partial charge on any atom is -0.383 e. The number of thiophene rings is 1. The molecule has 1 amide bonds. The molecule has 0 aliphatic rings. The highest BCUT2D eigenvalue weighted by Crippen LogP contribution is 2.22. The van der Waals surface area contributed by atoms with E-state index in [1.807, 2.05) is 55.1 Å². The van der Waals surface area contributed by atoms with Crippen LogP contribution in [0.3, 0.4) is 0 Å². The Hall–Kier alpha value is -1.65. The summed E-state index contributed by atoms with van der Waals surface area (Å²) in [5.41, 5.74) is 2.31. The molecule has 0 bridgehead atoms. The van der Waals surface area contributed by atoms with Crippen molar-refractivity contribution in [1.29, 1.82) is 0 Å². The maximum absolute atomic E-state index is 12.7. The fourth-order valence-corrected chi connectivity index (χ4v) is 3.09. The summed E-state index contributed by atoms with van der Waals surface area (Å²) in [7, 11) is 1.66. The Kier molecular flexibility index (Phi) is 5.53. The third kappa shape index (κ3) is 4.16. The number of hydrogen-bond acceptors (Lipinski definition) is 3. The van der Waals surface area contributed by atoms with E-state index in [4.69, 9.17) is 4.74 Å².